The van der Waals surface area contributed by atoms with Crippen molar-refractivity contribution in [2.75, 3.05) is 6.54 Å². The zero-order valence-corrected chi connectivity index (χ0v) is 7.16. The van der Waals surface area contributed by atoms with Crippen LogP contribution in [0, 0.1) is 0 Å². The van der Waals surface area contributed by atoms with E-state index in [0.717, 1.165) is 19.4 Å². The van der Waals surface area contributed by atoms with E-state index in [-0.39, 0.29) is 6.10 Å². The van der Waals surface area contributed by atoms with Gasteiger partial charge < -0.3 is 10.0 Å². The molecule has 0 amide bonds. The summed E-state index contributed by atoms with van der Waals surface area (Å²) in [5.41, 5.74) is 0. The van der Waals surface area contributed by atoms with Crippen LogP contribution in [0.5, 0.6) is 0 Å². The van der Waals surface area contributed by atoms with E-state index in [1.807, 2.05) is 13.1 Å². The van der Waals surface area contributed by atoms with Crippen molar-refractivity contribution < 1.29 is 5.11 Å². The third-order valence-corrected chi connectivity index (χ3v) is 2.44. The standard InChI is InChI=1S/C9H17NO/c1-3-9(11)8-6-5-7-10(8)4-2/h4,8-9,11H,2-3,5-7H2,1H3. The van der Waals surface area contributed by atoms with Crippen molar-refractivity contribution in [3.63, 3.8) is 0 Å². The van der Waals surface area contributed by atoms with Gasteiger partial charge in [-0.3, -0.25) is 0 Å². The second kappa shape index (κ2) is 3.77. The molecule has 0 aromatic rings. The minimum absolute atomic E-state index is 0.171. The summed E-state index contributed by atoms with van der Waals surface area (Å²) in [5.74, 6) is 0. The molecule has 2 atom stereocenters. The quantitative estimate of drug-likeness (QED) is 0.665. The number of aliphatic hydroxyl groups excluding tert-OH is 1. The Bertz CT molecular complexity index is 136. The zero-order valence-electron chi connectivity index (χ0n) is 7.16. The molecular formula is C9H17NO. The van der Waals surface area contributed by atoms with E-state index in [0.29, 0.717) is 6.04 Å². The minimum Gasteiger partial charge on any atom is -0.391 e. The van der Waals surface area contributed by atoms with E-state index in [2.05, 4.69) is 11.5 Å². The zero-order chi connectivity index (χ0) is 8.27. The Morgan fingerprint density at radius 2 is 2.55 bits per heavy atom. The van der Waals surface area contributed by atoms with Gasteiger partial charge in [-0.25, -0.2) is 0 Å². The molecule has 0 radical (unpaired) electrons. The Labute approximate surface area is 68.5 Å². The van der Waals surface area contributed by atoms with Crippen LogP contribution in [-0.2, 0) is 0 Å². The molecule has 1 fully saturated rings. The Morgan fingerprint density at radius 3 is 3.09 bits per heavy atom. The van der Waals surface area contributed by atoms with E-state index >= 15 is 0 Å². The molecule has 1 aliphatic rings. The average molecular weight is 155 g/mol. The second-order valence-corrected chi connectivity index (χ2v) is 3.11. The maximum atomic E-state index is 9.57. The summed E-state index contributed by atoms with van der Waals surface area (Å²) in [7, 11) is 0. The van der Waals surface area contributed by atoms with Crippen molar-refractivity contribution >= 4 is 0 Å². The molecule has 1 N–H and O–H groups in total. The van der Waals surface area contributed by atoms with E-state index in [1.165, 1.54) is 6.42 Å². The normalized spacial score (nSPS) is 27.1. The molecule has 2 nitrogen and oxygen atoms in total. The lowest BCUT2D eigenvalue weighted by Crippen LogP contribution is -2.34. The van der Waals surface area contributed by atoms with Crippen LogP contribution in [0.2, 0.25) is 0 Å². The van der Waals surface area contributed by atoms with Crippen LogP contribution in [0.4, 0.5) is 0 Å². The van der Waals surface area contributed by atoms with Gasteiger partial charge in [-0.2, -0.15) is 0 Å². The molecule has 1 aliphatic heterocycles. The van der Waals surface area contributed by atoms with Crippen LogP contribution in [0.1, 0.15) is 26.2 Å². The van der Waals surface area contributed by atoms with E-state index in [1.54, 1.807) is 0 Å². The topological polar surface area (TPSA) is 23.5 Å². The number of hydrogen-bond donors (Lipinski definition) is 1. The van der Waals surface area contributed by atoms with Gasteiger partial charge in [0.05, 0.1) is 12.1 Å². The van der Waals surface area contributed by atoms with Crippen molar-refractivity contribution in [3.05, 3.63) is 12.8 Å². The van der Waals surface area contributed by atoms with Crippen LogP contribution >= 0.6 is 0 Å². The molecule has 0 saturated carbocycles. The fourth-order valence-corrected chi connectivity index (χ4v) is 1.73. The maximum absolute atomic E-state index is 9.57. The van der Waals surface area contributed by atoms with Gasteiger partial charge in [-0.05, 0) is 25.5 Å². The Kier molecular flexibility index (Phi) is 2.94. The molecule has 0 aliphatic carbocycles. The minimum atomic E-state index is -0.171. The predicted octanol–water partition coefficient (Wildman–Crippen LogP) is 1.37. The van der Waals surface area contributed by atoms with Crippen LogP contribution < -0.4 is 0 Å². The first-order valence-electron chi connectivity index (χ1n) is 4.36. The fourth-order valence-electron chi connectivity index (χ4n) is 1.73. The third kappa shape index (κ3) is 1.74. The van der Waals surface area contributed by atoms with Crippen molar-refractivity contribution in [1.82, 2.24) is 4.90 Å². The Morgan fingerprint density at radius 1 is 1.82 bits per heavy atom. The van der Waals surface area contributed by atoms with E-state index in [4.69, 9.17) is 0 Å². The first-order valence-corrected chi connectivity index (χ1v) is 4.36. The molecule has 1 rings (SSSR count). The second-order valence-electron chi connectivity index (χ2n) is 3.11. The molecule has 1 heterocycles. The summed E-state index contributed by atoms with van der Waals surface area (Å²) in [6, 6.07) is 0.331. The number of nitrogens with zero attached hydrogens (tertiary/aromatic N) is 1. The summed E-state index contributed by atoms with van der Waals surface area (Å²) in [6.45, 7) is 6.80. The number of rotatable bonds is 3. The number of aliphatic hydroxyl groups is 1. The van der Waals surface area contributed by atoms with Crippen LogP contribution in [0.3, 0.4) is 0 Å². The van der Waals surface area contributed by atoms with Crippen molar-refractivity contribution in [2.45, 2.75) is 38.3 Å². The van der Waals surface area contributed by atoms with Gasteiger partial charge in [-0.1, -0.05) is 13.5 Å². The molecular weight excluding hydrogens is 138 g/mol. The lowest BCUT2D eigenvalue weighted by molar-refractivity contribution is 0.0912. The van der Waals surface area contributed by atoms with E-state index in [9.17, 15) is 5.11 Å². The van der Waals surface area contributed by atoms with Crippen molar-refractivity contribution in [1.29, 1.82) is 0 Å². The molecule has 64 valence electrons. The van der Waals surface area contributed by atoms with Gasteiger partial charge in [0.15, 0.2) is 0 Å². The van der Waals surface area contributed by atoms with Gasteiger partial charge >= 0.3 is 0 Å². The maximum Gasteiger partial charge on any atom is 0.0740 e. The molecule has 1 saturated heterocycles. The Hall–Kier alpha value is -0.500. The summed E-state index contributed by atoms with van der Waals surface area (Å²) in [4.78, 5) is 2.15. The molecule has 0 spiro atoms. The molecule has 11 heavy (non-hydrogen) atoms. The number of hydrogen-bond acceptors (Lipinski definition) is 2. The van der Waals surface area contributed by atoms with Gasteiger partial charge in [0.1, 0.15) is 0 Å². The summed E-state index contributed by atoms with van der Waals surface area (Å²) >= 11 is 0. The van der Waals surface area contributed by atoms with Crippen LogP contribution in [0.25, 0.3) is 0 Å². The highest BCUT2D eigenvalue weighted by molar-refractivity contribution is 4.89. The highest BCUT2D eigenvalue weighted by Crippen LogP contribution is 2.21. The van der Waals surface area contributed by atoms with Crippen LogP contribution in [0.15, 0.2) is 12.8 Å². The first kappa shape index (κ1) is 8.60. The molecule has 0 bridgehead atoms. The Balaban J connectivity index is 2.48. The molecule has 2 unspecified atom stereocenters. The number of likely N-dealkylation sites (tertiary alicyclic amines) is 1. The van der Waals surface area contributed by atoms with Crippen molar-refractivity contribution in [2.24, 2.45) is 0 Å². The summed E-state index contributed by atoms with van der Waals surface area (Å²) < 4.78 is 0. The smallest absolute Gasteiger partial charge is 0.0740 e. The monoisotopic (exact) mass is 155 g/mol. The van der Waals surface area contributed by atoms with Gasteiger partial charge in [0.25, 0.3) is 0 Å². The largest absolute Gasteiger partial charge is 0.391 e. The van der Waals surface area contributed by atoms with Gasteiger partial charge in [-0.15, -0.1) is 0 Å². The third-order valence-electron chi connectivity index (χ3n) is 2.44. The summed E-state index contributed by atoms with van der Waals surface area (Å²) in [5, 5.41) is 9.57. The predicted molar refractivity (Wildman–Crippen MR) is 46.2 cm³/mol. The first-order chi connectivity index (χ1) is 5.29. The average Bonchev–Trinajstić information content (AvgIpc) is 2.50. The summed E-state index contributed by atoms with van der Waals surface area (Å²) in [6.07, 6.45) is 4.82. The lowest BCUT2D eigenvalue weighted by atomic mass is 10.1. The van der Waals surface area contributed by atoms with E-state index < -0.39 is 0 Å². The van der Waals surface area contributed by atoms with Gasteiger partial charge in [0.2, 0.25) is 0 Å². The highest BCUT2D eigenvalue weighted by Gasteiger charge is 2.26. The molecule has 0 aromatic heterocycles. The fraction of sp³-hybridized carbons (Fsp3) is 0.778. The highest BCUT2D eigenvalue weighted by atomic mass is 16.3. The SMILES string of the molecule is C=CN1CCCC1C(O)CC. The molecule has 0 aromatic carbocycles. The van der Waals surface area contributed by atoms with Crippen molar-refractivity contribution in [3.8, 4) is 0 Å². The molecule has 2 heteroatoms. The lowest BCUT2D eigenvalue weighted by Gasteiger charge is -2.26. The van der Waals surface area contributed by atoms with Crippen LogP contribution in [-0.4, -0.2) is 28.7 Å². The van der Waals surface area contributed by atoms with Gasteiger partial charge in [0, 0.05) is 6.54 Å².